The minimum atomic E-state index is 0.277. The van der Waals surface area contributed by atoms with Crippen molar-refractivity contribution < 1.29 is 9.78 Å². The summed E-state index contributed by atoms with van der Waals surface area (Å²) in [6, 6.07) is 0. The number of rotatable bonds is 1. The van der Waals surface area contributed by atoms with Gasteiger partial charge in [0.05, 0.1) is 6.61 Å². The van der Waals surface area contributed by atoms with E-state index in [1.165, 1.54) is 19.5 Å². The Morgan fingerprint density at radius 2 is 2.22 bits per heavy atom. The van der Waals surface area contributed by atoms with Gasteiger partial charge in [0.25, 0.3) is 0 Å². The van der Waals surface area contributed by atoms with Gasteiger partial charge < -0.3 is 0 Å². The highest BCUT2D eigenvalue weighted by molar-refractivity contribution is 4.72. The van der Waals surface area contributed by atoms with Crippen LogP contribution in [0, 0.1) is 0 Å². The van der Waals surface area contributed by atoms with Crippen LogP contribution in [0.4, 0.5) is 0 Å². The first-order valence-corrected chi connectivity index (χ1v) is 3.49. The van der Waals surface area contributed by atoms with Gasteiger partial charge in [0.2, 0.25) is 0 Å². The van der Waals surface area contributed by atoms with Gasteiger partial charge in [0.1, 0.15) is 6.23 Å². The zero-order valence-corrected chi connectivity index (χ0v) is 5.38. The van der Waals surface area contributed by atoms with Crippen LogP contribution in [0.3, 0.4) is 0 Å². The summed E-state index contributed by atoms with van der Waals surface area (Å²) < 4.78 is 0. The molecule has 2 fully saturated rings. The number of nitrogens with zero attached hydrogens (tertiary/aromatic N) is 1. The van der Waals surface area contributed by atoms with Crippen molar-refractivity contribution in [2.45, 2.75) is 19.1 Å². The standard InChI is InChI=1S/C6H11NO2/c1-3-7(4-1)6-2-5-8-9-6/h6H,1-5H2. The molecular formula is C6H11NO2. The summed E-state index contributed by atoms with van der Waals surface area (Å²) in [6.07, 6.45) is 2.64. The van der Waals surface area contributed by atoms with Gasteiger partial charge in [-0.2, -0.15) is 0 Å². The molecule has 9 heavy (non-hydrogen) atoms. The van der Waals surface area contributed by atoms with Crippen LogP contribution in [0.2, 0.25) is 0 Å². The highest BCUT2D eigenvalue weighted by atomic mass is 17.2. The van der Waals surface area contributed by atoms with Gasteiger partial charge in [0, 0.05) is 19.5 Å². The molecule has 0 N–H and O–H groups in total. The maximum atomic E-state index is 4.98. The van der Waals surface area contributed by atoms with E-state index in [0.29, 0.717) is 0 Å². The van der Waals surface area contributed by atoms with Crippen molar-refractivity contribution in [2.75, 3.05) is 19.7 Å². The van der Waals surface area contributed by atoms with Gasteiger partial charge in [-0.15, -0.1) is 0 Å². The zero-order chi connectivity index (χ0) is 6.10. The van der Waals surface area contributed by atoms with E-state index in [2.05, 4.69) is 4.90 Å². The van der Waals surface area contributed by atoms with Crippen molar-refractivity contribution in [1.29, 1.82) is 0 Å². The smallest absolute Gasteiger partial charge is 0.148 e. The maximum absolute atomic E-state index is 4.98. The van der Waals surface area contributed by atoms with Gasteiger partial charge in [-0.1, -0.05) is 0 Å². The van der Waals surface area contributed by atoms with Gasteiger partial charge in [0.15, 0.2) is 0 Å². The van der Waals surface area contributed by atoms with Crippen molar-refractivity contribution in [3.63, 3.8) is 0 Å². The first-order chi connectivity index (χ1) is 4.47. The molecule has 0 aromatic heterocycles. The Hall–Kier alpha value is -0.120. The molecule has 0 bridgehead atoms. The lowest BCUT2D eigenvalue weighted by atomic mass is 10.2. The lowest BCUT2D eigenvalue weighted by Gasteiger charge is -2.33. The van der Waals surface area contributed by atoms with E-state index in [1.54, 1.807) is 0 Å². The Kier molecular flexibility index (Phi) is 1.41. The first kappa shape index (κ1) is 5.65. The maximum Gasteiger partial charge on any atom is 0.148 e. The molecule has 0 spiro atoms. The fourth-order valence-corrected chi connectivity index (χ4v) is 1.20. The highest BCUT2D eigenvalue weighted by Crippen LogP contribution is 2.19. The Morgan fingerprint density at radius 3 is 2.67 bits per heavy atom. The monoisotopic (exact) mass is 129 g/mol. The number of likely N-dealkylation sites (tertiary alicyclic amines) is 1. The van der Waals surface area contributed by atoms with E-state index in [9.17, 15) is 0 Å². The quantitative estimate of drug-likeness (QED) is 0.477. The zero-order valence-electron chi connectivity index (χ0n) is 5.38. The van der Waals surface area contributed by atoms with Gasteiger partial charge in [-0.25, -0.2) is 9.78 Å². The fourth-order valence-electron chi connectivity index (χ4n) is 1.20. The average molecular weight is 129 g/mol. The van der Waals surface area contributed by atoms with E-state index in [-0.39, 0.29) is 6.23 Å². The van der Waals surface area contributed by atoms with Crippen LogP contribution >= 0.6 is 0 Å². The first-order valence-electron chi connectivity index (χ1n) is 3.49. The van der Waals surface area contributed by atoms with Crippen LogP contribution in [0.15, 0.2) is 0 Å². The highest BCUT2D eigenvalue weighted by Gasteiger charge is 2.28. The second-order valence-electron chi connectivity index (χ2n) is 2.55. The summed E-state index contributed by atoms with van der Waals surface area (Å²) in [6.45, 7) is 3.14. The third-order valence-corrected chi connectivity index (χ3v) is 1.93. The molecule has 1 atom stereocenters. The van der Waals surface area contributed by atoms with Crippen molar-refractivity contribution >= 4 is 0 Å². The van der Waals surface area contributed by atoms with Gasteiger partial charge >= 0.3 is 0 Å². The van der Waals surface area contributed by atoms with Crippen LogP contribution in [0.1, 0.15) is 12.8 Å². The summed E-state index contributed by atoms with van der Waals surface area (Å²) in [4.78, 5) is 12.1. The number of hydrogen-bond acceptors (Lipinski definition) is 3. The van der Waals surface area contributed by atoms with Gasteiger partial charge in [-0.05, 0) is 6.42 Å². The molecule has 52 valence electrons. The third-order valence-electron chi connectivity index (χ3n) is 1.93. The van der Waals surface area contributed by atoms with E-state index < -0.39 is 0 Å². The molecule has 0 aromatic carbocycles. The Balaban J connectivity index is 1.82. The minimum absolute atomic E-state index is 0.277. The Labute approximate surface area is 54.5 Å². The molecular weight excluding hydrogens is 118 g/mol. The van der Waals surface area contributed by atoms with Crippen LogP contribution in [-0.4, -0.2) is 30.8 Å². The average Bonchev–Trinajstić information content (AvgIpc) is 2.11. The lowest BCUT2D eigenvalue weighted by Crippen LogP contribution is -2.44. The van der Waals surface area contributed by atoms with Crippen LogP contribution in [0.5, 0.6) is 0 Å². The normalized spacial score (nSPS) is 36.7. The molecule has 3 heteroatoms. The van der Waals surface area contributed by atoms with E-state index in [4.69, 9.17) is 9.78 Å². The van der Waals surface area contributed by atoms with Crippen LogP contribution in [0.25, 0.3) is 0 Å². The molecule has 0 aromatic rings. The topological polar surface area (TPSA) is 21.7 Å². The molecule has 2 aliphatic heterocycles. The van der Waals surface area contributed by atoms with Crippen molar-refractivity contribution in [3.05, 3.63) is 0 Å². The fraction of sp³-hybridized carbons (Fsp3) is 1.00. The predicted molar refractivity (Wildman–Crippen MR) is 31.6 cm³/mol. The lowest BCUT2D eigenvalue weighted by molar-refractivity contribution is -0.305. The van der Waals surface area contributed by atoms with E-state index in [0.717, 1.165) is 13.0 Å². The summed E-state index contributed by atoms with van der Waals surface area (Å²) in [5.41, 5.74) is 0. The molecule has 0 aliphatic carbocycles. The molecule has 0 saturated carbocycles. The summed E-state index contributed by atoms with van der Waals surface area (Å²) in [5, 5.41) is 0. The molecule has 2 rings (SSSR count). The molecule has 2 saturated heterocycles. The van der Waals surface area contributed by atoms with Crippen LogP contribution in [-0.2, 0) is 9.78 Å². The number of hydrogen-bond donors (Lipinski definition) is 0. The Bertz CT molecular complexity index is 97.2. The SMILES string of the molecule is C1CN(C2CCOO2)C1. The van der Waals surface area contributed by atoms with Crippen LogP contribution < -0.4 is 0 Å². The molecule has 0 amide bonds. The second-order valence-corrected chi connectivity index (χ2v) is 2.55. The second kappa shape index (κ2) is 2.25. The summed E-state index contributed by atoms with van der Waals surface area (Å²) in [7, 11) is 0. The molecule has 1 unspecified atom stereocenters. The minimum Gasteiger partial charge on any atom is -0.276 e. The molecule has 3 nitrogen and oxygen atoms in total. The molecule has 0 radical (unpaired) electrons. The third kappa shape index (κ3) is 0.956. The Morgan fingerprint density at radius 1 is 1.33 bits per heavy atom. The van der Waals surface area contributed by atoms with E-state index >= 15 is 0 Å². The molecule has 2 aliphatic rings. The summed E-state index contributed by atoms with van der Waals surface area (Å²) >= 11 is 0. The van der Waals surface area contributed by atoms with Crippen molar-refractivity contribution in [2.24, 2.45) is 0 Å². The van der Waals surface area contributed by atoms with Gasteiger partial charge in [-0.3, -0.25) is 4.90 Å². The summed E-state index contributed by atoms with van der Waals surface area (Å²) in [5.74, 6) is 0. The largest absolute Gasteiger partial charge is 0.276 e. The van der Waals surface area contributed by atoms with Crippen molar-refractivity contribution in [1.82, 2.24) is 4.90 Å². The molecule has 2 heterocycles. The van der Waals surface area contributed by atoms with Crippen molar-refractivity contribution in [3.8, 4) is 0 Å². The van der Waals surface area contributed by atoms with E-state index in [1.807, 2.05) is 0 Å². The predicted octanol–water partition coefficient (Wildman–Crippen LogP) is 0.370.